The van der Waals surface area contributed by atoms with Crippen molar-refractivity contribution in [3.05, 3.63) is 37.1 Å². The maximum atomic E-state index is 12.1. The van der Waals surface area contributed by atoms with Gasteiger partial charge < -0.3 is 10.2 Å². The highest BCUT2D eigenvalue weighted by molar-refractivity contribution is 5.97. The van der Waals surface area contributed by atoms with Crippen molar-refractivity contribution in [2.45, 2.75) is 20.3 Å². The van der Waals surface area contributed by atoms with Crippen LogP contribution in [0.3, 0.4) is 0 Å². The molecule has 4 nitrogen and oxygen atoms in total. The van der Waals surface area contributed by atoms with E-state index in [0.717, 1.165) is 13.0 Å². The zero-order valence-electron chi connectivity index (χ0n) is 11.9. The van der Waals surface area contributed by atoms with Gasteiger partial charge >= 0.3 is 0 Å². The third-order valence-corrected chi connectivity index (χ3v) is 2.45. The standard InChI is InChI=1S/C15H23N3O/c1-5-9-18(10-6-2)15(19)14(11-16)12-17-8-7-13(3)4/h5-6,12-13,17H,1-2,7-10H2,3-4H3/b14-12-. The summed E-state index contributed by atoms with van der Waals surface area (Å²) in [7, 11) is 0. The summed E-state index contributed by atoms with van der Waals surface area (Å²) in [5, 5.41) is 12.0. The van der Waals surface area contributed by atoms with Gasteiger partial charge in [-0.15, -0.1) is 13.2 Å². The number of nitrogens with one attached hydrogen (secondary N) is 1. The van der Waals surface area contributed by atoms with Crippen LogP contribution in [0.5, 0.6) is 0 Å². The Bertz CT molecular complexity index is 367. The van der Waals surface area contributed by atoms with Gasteiger partial charge in [0.05, 0.1) is 0 Å². The highest BCUT2D eigenvalue weighted by Gasteiger charge is 2.15. The summed E-state index contributed by atoms with van der Waals surface area (Å²) >= 11 is 0. The van der Waals surface area contributed by atoms with Crippen LogP contribution in [0.1, 0.15) is 20.3 Å². The lowest BCUT2D eigenvalue weighted by atomic mass is 10.1. The Morgan fingerprint density at radius 2 is 1.95 bits per heavy atom. The van der Waals surface area contributed by atoms with Gasteiger partial charge in [-0.05, 0) is 12.3 Å². The van der Waals surface area contributed by atoms with Gasteiger partial charge in [0.1, 0.15) is 11.6 Å². The van der Waals surface area contributed by atoms with Crippen molar-refractivity contribution in [3.63, 3.8) is 0 Å². The maximum absolute atomic E-state index is 12.1. The van der Waals surface area contributed by atoms with E-state index in [4.69, 9.17) is 5.26 Å². The van der Waals surface area contributed by atoms with E-state index in [1.54, 1.807) is 12.2 Å². The highest BCUT2D eigenvalue weighted by atomic mass is 16.2. The van der Waals surface area contributed by atoms with Gasteiger partial charge in [0.25, 0.3) is 5.91 Å². The molecule has 0 aromatic carbocycles. The number of carbonyl (C=O) groups excluding carboxylic acids is 1. The van der Waals surface area contributed by atoms with Gasteiger partial charge in [-0.25, -0.2) is 0 Å². The molecule has 19 heavy (non-hydrogen) atoms. The van der Waals surface area contributed by atoms with Crippen molar-refractivity contribution in [2.75, 3.05) is 19.6 Å². The summed E-state index contributed by atoms with van der Waals surface area (Å²) in [6.45, 7) is 13.0. The molecule has 0 aliphatic carbocycles. The minimum absolute atomic E-state index is 0.104. The average molecular weight is 261 g/mol. The SMILES string of the molecule is C=CCN(CC=C)C(=O)/C(C#N)=C\NCCC(C)C. The molecule has 0 saturated carbocycles. The van der Waals surface area contributed by atoms with Crippen LogP contribution in [0.15, 0.2) is 37.1 Å². The summed E-state index contributed by atoms with van der Waals surface area (Å²) < 4.78 is 0. The van der Waals surface area contributed by atoms with E-state index < -0.39 is 0 Å². The molecule has 0 spiro atoms. The molecular weight excluding hydrogens is 238 g/mol. The number of hydrogen-bond donors (Lipinski definition) is 1. The molecule has 0 fully saturated rings. The molecule has 4 heteroatoms. The minimum atomic E-state index is -0.306. The van der Waals surface area contributed by atoms with Crippen LogP contribution in [0.2, 0.25) is 0 Å². The van der Waals surface area contributed by atoms with E-state index in [2.05, 4.69) is 32.3 Å². The molecule has 0 unspecified atom stereocenters. The van der Waals surface area contributed by atoms with Crippen LogP contribution in [0.25, 0.3) is 0 Å². The third kappa shape index (κ3) is 7.10. The normalized spacial score (nSPS) is 10.7. The number of hydrogen-bond acceptors (Lipinski definition) is 3. The predicted molar refractivity (Wildman–Crippen MR) is 78.1 cm³/mol. The molecule has 0 bridgehead atoms. The zero-order valence-corrected chi connectivity index (χ0v) is 11.9. The summed E-state index contributed by atoms with van der Waals surface area (Å²) in [5.41, 5.74) is 0.104. The second-order valence-corrected chi connectivity index (χ2v) is 4.59. The summed E-state index contributed by atoms with van der Waals surface area (Å²) in [6, 6.07) is 1.93. The number of rotatable bonds is 9. The molecule has 0 atom stereocenters. The van der Waals surface area contributed by atoms with E-state index in [-0.39, 0.29) is 11.5 Å². The summed E-state index contributed by atoms with van der Waals surface area (Å²) in [4.78, 5) is 13.6. The van der Waals surface area contributed by atoms with Gasteiger partial charge in [0.2, 0.25) is 0 Å². The number of nitrogens with zero attached hydrogens (tertiary/aromatic N) is 2. The molecule has 0 aliphatic rings. The lowest BCUT2D eigenvalue weighted by molar-refractivity contribution is -0.125. The number of nitriles is 1. The monoisotopic (exact) mass is 261 g/mol. The largest absolute Gasteiger partial charge is 0.390 e. The van der Waals surface area contributed by atoms with Gasteiger partial charge in [-0.2, -0.15) is 5.26 Å². The van der Waals surface area contributed by atoms with E-state index in [0.29, 0.717) is 19.0 Å². The van der Waals surface area contributed by atoms with Crippen LogP contribution in [-0.4, -0.2) is 30.4 Å². The highest BCUT2D eigenvalue weighted by Crippen LogP contribution is 2.02. The fourth-order valence-electron chi connectivity index (χ4n) is 1.41. The fraction of sp³-hybridized carbons (Fsp3) is 0.467. The van der Waals surface area contributed by atoms with Crippen molar-refractivity contribution < 1.29 is 4.79 Å². The Hall–Kier alpha value is -2.02. The Morgan fingerprint density at radius 3 is 2.37 bits per heavy atom. The Kier molecular flexibility index (Phi) is 8.90. The molecule has 0 aliphatic heterocycles. The van der Waals surface area contributed by atoms with Crippen LogP contribution >= 0.6 is 0 Å². The summed E-state index contributed by atoms with van der Waals surface area (Å²) in [5.74, 6) is 0.277. The van der Waals surface area contributed by atoms with E-state index >= 15 is 0 Å². The Balaban J connectivity index is 4.59. The molecule has 0 aromatic rings. The first-order valence-electron chi connectivity index (χ1n) is 6.41. The molecule has 0 radical (unpaired) electrons. The first-order valence-corrected chi connectivity index (χ1v) is 6.41. The summed E-state index contributed by atoms with van der Waals surface area (Å²) in [6.07, 6.45) is 5.74. The quantitative estimate of drug-likeness (QED) is 0.300. The van der Waals surface area contributed by atoms with Crippen molar-refractivity contribution in [3.8, 4) is 6.07 Å². The van der Waals surface area contributed by atoms with Gasteiger partial charge in [0.15, 0.2) is 0 Å². The van der Waals surface area contributed by atoms with Gasteiger partial charge in [-0.3, -0.25) is 4.79 Å². The molecule has 1 N–H and O–H groups in total. The second-order valence-electron chi connectivity index (χ2n) is 4.59. The topological polar surface area (TPSA) is 56.1 Å². The van der Waals surface area contributed by atoms with Crippen LogP contribution < -0.4 is 5.32 Å². The van der Waals surface area contributed by atoms with Gasteiger partial charge in [0, 0.05) is 25.8 Å². The third-order valence-electron chi connectivity index (χ3n) is 2.45. The molecule has 104 valence electrons. The molecule has 0 rings (SSSR count). The fourth-order valence-corrected chi connectivity index (χ4v) is 1.41. The molecule has 0 aromatic heterocycles. The van der Waals surface area contributed by atoms with Crippen molar-refractivity contribution >= 4 is 5.91 Å². The molecule has 1 amide bonds. The molecule has 0 heterocycles. The second kappa shape index (κ2) is 9.95. The smallest absolute Gasteiger partial charge is 0.266 e. The number of amides is 1. The Morgan fingerprint density at radius 1 is 1.37 bits per heavy atom. The van der Waals surface area contributed by atoms with Crippen molar-refractivity contribution in [1.29, 1.82) is 5.26 Å². The molecular formula is C15H23N3O. The Labute approximate surface area is 116 Å². The van der Waals surface area contributed by atoms with E-state index in [1.807, 2.05) is 6.07 Å². The van der Waals surface area contributed by atoms with E-state index in [9.17, 15) is 4.79 Å². The van der Waals surface area contributed by atoms with Crippen LogP contribution in [-0.2, 0) is 4.79 Å². The first-order chi connectivity index (χ1) is 9.06. The average Bonchev–Trinajstić information content (AvgIpc) is 2.37. The zero-order chi connectivity index (χ0) is 14.7. The van der Waals surface area contributed by atoms with Crippen LogP contribution in [0.4, 0.5) is 0 Å². The van der Waals surface area contributed by atoms with Crippen molar-refractivity contribution in [1.82, 2.24) is 10.2 Å². The predicted octanol–water partition coefficient (Wildman–Crippen LogP) is 2.23. The first kappa shape index (κ1) is 17.0. The number of carbonyl (C=O) groups is 1. The minimum Gasteiger partial charge on any atom is -0.390 e. The molecule has 0 saturated heterocycles. The van der Waals surface area contributed by atoms with Gasteiger partial charge in [-0.1, -0.05) is 26.0 Å². The van der Waals surface area contributed by atoms with Crippen molar-refractivity contribution in [2.24, 2.45) is 5.92 Å². The van der Waals surface area contributed by atoms with Crippen LogP contribution in [0, 0.1) is 17.2 Å². The van der Waals surface area contributed by atoms with E-state index in [1.165, 1.54) is 11.1 Å². The lowest BCUT2D eigenvalue weighted by Gasteiger charge is -2.18. The maximum Gasteiger partial charge on any atom is 0.266 e. The lowest BCUT2D eigenvalue weighted by Crippen LogP contribution is -2.32.